The van der Waals surface area contributed by atoms with E-state index in [9.17, 15) is 9.59 Å². The number of aromatic carboxylic acids is 1. The highest BCUT2D eigenvalue weighted by atomic mass is 16.5. The molecule has 0 radical (unpaired) electrons. The van der Waals surface area contributed by atoms with Crippen LogP contribution in [0.25, 0.3) is 16.9 Å². The average molecular weight is 432 g/mol. The molecule has 2 heterocycles. The number of carboxylic acids is 1. The van der Waals surface area contributed by atoms with E-state index >= 15 is 0 Å². The predicted octanol–water partition coefficient (Wildman–Crippen LogP) is 3.39. The summed E-state index contributed by atoms with van der Waals surface area (Å²) in [6, 6.07) is 14.9. The summed E-state index contributed by atoms with van der Waals surface area (Å²) in [6.07, 6.45) is 1.64. The Bertz CT molecular complexity index is 1310. The number of anilines is 1. The third kappa shape index (κ3) is 3.71. The van der Waals surface area contributed by atoms with E-state index in [4.69, 9.17) is 14.6 Å². The lowest BCUT2D eigenvalue weighted by atomic mass is 10.1. The summed E-state index contributed by atoms with van der Waals surface area (Å²) in [4.78, 5) is 29.8. The van der Waals surface area contributed by atoms with Gasteiger partial charge >= 0.3 is 5.97 Å². The molecule has 4 aromatic rings. The first-order chi connectivity index (χ1) is 15.4. The minimum Gasteiger partial charge on any atom is -0.493 e. The first-order valence-corrected chi connectivity index (χ1v) is 9.61. The number of amides is 1. The van der Waals surface area contributed by atoms with Gasteiger partial charge in [-0.25, -0.2) is 14.3 Å². The SMILES string of the molecule is COc1ccc(-c2ccnc3cc(C(=O)N(C)c4ccc(C(=O)O)cc4)nn23)cc1OC. The van der Waals surface area contributed by atoms with Crippen LogP contribution in [-0.2, 0) is 0 Å². The van der Waals surface area contributed by atoms with Crippen LogP contribution in [0.15, 0.2) is 60.8 Å². The number of benzene rings is 2. The zero-order valence-electron chi connectivity index (χ0n) is 17.6. The average Bonchev–Trinajstić information content (AvgIpc) is 3.27. The summed E-state index contributed by atoms with van der Waals surface area (Å²) in [5.74, 6) is -0.201. The molecule has 0 saturated heterocycles. The van der Waals surface area contributed by atoms with Crippen LogP contribution in [0.5, 0.6) is 11.5 Å². The molecule has 0 bridgehead atoms. The first-order valence-electron chi connectivity index (χ1n) is 9.61. The lowest BCUT2D eigenvalue weighted by molar-refractivity contribution is 0.0696. The molecule has 0 unspecified atom stereocenters. The Kier molecular flexibility index (Phi) is 5.46. The summed E-state index contributed by atoms with van der Waals surface area (Å²) in [7, 11) is 4.73. The lowest BCUT2D eigenvalue weighted by Gasteiger charge is -2.16. The second-order valence-corrected chi connectivity index (χ2v) is 6.92. The fourth-order valence-electron chi connectivity index (χ4n) is 3.33. The second-order valence-electron chi connectivity index (χ2n) is 6.92. The fraction of sp³-hybridized carbons (Fsp3) is 0.130. The van der Waals surface area contributed by atoms with Gasteiger partial charge in [0.25, 0.3) is 5.91 Å². The van der Waals surface area contributed by atoms with Crippen LogP contribution in [-0.4, -0.2) is 52.8 Å². The van der Waals surface area contributed by atoms with Crippen molar-refractivity contribution in [3.8, 4) is 22.8 Å². The number of rotatable bonds is 6. The molecule has 2 aromatic heterocycles. The summed E-state index contributed by atoms with van der Waals surface area (Å²) >= 11 is 0. The molecule has 0 saturated carbocycles. The Hall–Kier alpha value is -4.40. The maximum atomic E-state index is 13.0. The van der Waals surface area contributed by atoms with Gasteiger partial charge < -0.3 is 19.5 Å². The molecule has 162 valence electrons. The molecule has 0 aliphatic carbocycles. The lowest BCUT2D eigenvalue weighted by Crippen LogP contribution is -2.26. The van der Waals surface area contributed by atoms with Crippen molar-refractivity contribution in [3.63, 3.8) is 0 Å². The van der Waals surface area contributed by atoms with E-state index in [1.54, 1.807) is 62.3 Å². The van der Waals surface area contributed by atoms with E-state index in [0.717, 1.165) is 11.3 Å². The molecule has 32 heavy (non-hydrogen) atoms. The number of carbonyl (C=O) groups is 2. The van der Waals surface area contributed by atoms with Crippen LogP contribution >= 0.6 is 0 Å². The van der Waals surface area contributed by atoms with Gasteiger partial charge in [0.05, 0.1) is 25.5 Å². The van der Waals surface area contributed by atoms with Crippen LogP contribution in [0.1, 0.15) is 20.8 Å². The maximum Gasteiger partial charge on any atom is 0.335 e. The molecule has 0 aliphatic heterocycles. The van der Waals surface area contributed by atoms with Crippen LogP contribution in [0.4, 0.5) is 5.69 Å². The minimum atomic E-state index is -1.03. The van der Waals surface area contributed by atoms with E-state index in [0.29, 0.717) is 22.8 Å². The van der Waals surface area contributed by atoms with Crippen LogP contribution in [0.2, 0.25) is 0 Å². The van der Waals surface area contributed by atoms with Gasteiger partial charge in [-0.05, 0) is 48.5 Å². The number of hydrogen-bond acceptors (Lipinski definition) is 6. The van der Waals surface area contributed by atoms with Gasteiger partial charge in [0.2, 0.25) is 0 Å². The van der Waals surface area contributed by atoms with Gasteiger partial charge in [0.15, 0.2) is 22.8 Å². The van der Waals surface area contributed by atoms with Gasteiger partial charge in [0.1, 0.15) is 0 Å². The topological polar surface area (TPSA) is 106 Å². The van der Waals surface area contributed by atoms with Crippen molar-refractivity contribution in [2.24, 2.45) is 0 Å². The number of nitrogens with zero attached hydrogens (tertiary/aromatic N) is 4. The minimum absolute atomic E-state index is 0.145. The van der Waals surface area contributed by atoms with Crippen molar-refractivity contribution in [1.82, 2.24) is 14.6 Å². The Morgan fingerprint density at radius 3 is 2.34 bits per heavy atom. The number of methoxy groups -OCH3 is 2. The monoisotopic (exact) mass is 432 g/mol. The van der Waals surface area contributed by atoms with Crippen LogP contribution in [0, 0.1) is 0 Å². The molecule has 0 aliphatic rings. The number of aromatic nitrogens is 3. The number of fused-ring (bicyclic) bond motifs is 1. The molecular weight excluding hydrogens is 412 g/mol. The highest BCUT2D eigenvalue weighted by Gasteiger charge is 2.19. The molecule has 9 nitrogen and oxygen atoms in total. The Labute approximate surface area is 183 Å². The van der Waals surface area contributed by atoms with E-state index in [1.807, 2.05) is 12.1 Å². The Morgan fingerprint density at radius 2 is 1.69 bits per heavy atom. The Morgan fingerprint density at radius 1 is 0.969 bits per heavy atom. The highest BCUT2D eigenvalue weighted by molar-refractivity contribution is 6.05. The third-order valence-electron chi connectivity index (χ3n) is 5.06. The van der Waals surface area contributed by atoms with Crippen molar-refractivity contribution < 1.29 is 24.2 Å². The normalized spacial score (nSPS) is 10.7. The number of carbonyl (C=O) groups excluding carboxylic acids is 1. The van der Waals surface area contributed by atoms with Gasteiger partial charge in [-0.3, -0.25) is 4.79 Å². The van der Waals surface area contributed by atoms with Gasteiger partial charge in [-0.1, -0.05) is 0 Å². The first kappa shape index (κ1) is 20.9. The largest absolute Gasteiger partial charge is 0.493 e. The van der Waals surface area contributed by atoms with Crippen molar-refractivity contribution in [2.45, 2.75) is 0 Å². The molecule has 0 atom stereocenters. The van der Waals surface area contributed by atoms with E-state index in [-0.39, 0.29) is 17.2 Å². The number of hydrogen-bond donors (Lipinski definition) is 1. The zero-order chi connectivity index (χ0) is 22.8. The molecule has 0 fully saturated rings. The highest BCUT2D eigenvalue weighted by Crippen LogP contribution is 2.32. The molecular formula is C23H20N4O5. The van der Waals surface area contributed by atoms with Gasteiger partial charge in [-0.15, -0.1) is 0 Å². The molecule has 1 amide bonds. The summed E-state index contributed by atoms with van der Waals surface area (Å²) in [5.41, 5.74) is 2.94. The summed E-state index contributed by atoms with van der Waals surface area (Å²) < 4.78 is 12.3. The summed E-state index contributed by atoms with van der Waals surface area (Å²) in [5, 5.41) is 13.5. The third-order valence-corrected chi connectivity index (χ3v) is 5.06. The molecule has 9 heteroatoms. The maximum absolute atomic E-state index is 13.0. The van der Waals surface area contributed by atoms with E-state index < -0.39 is 5.97 Å². The van der Waals surface area contributed by atoms with Crippen molar-refractivity contribution in [2.75, 3.05) is 26.2 Å². The Balaban J connectivity index is 1.70. The quantitative estimate of drug-likeness (QED) is 0.498. The molecule has 1 N–H and O–H groups in total. The van der Waals surface area contributed by atoms with E-state index in [1.165, 1.54) is 17.0 Å². The summed E-state index contributed by atoms with van der Waals surface area (Å²) in [6.45, 7) is 0. The standard InChI is InChI=1S/C23H20N4O5/c1-26(16-7-4-14(5-8-16)23(29)30)22(28)17-13-21-24-11-10-18(27(21)25-17)15-6-9-19(31-2)20(12-15)32-3/h4-13H,1-3H3,(H,29,30). The van der Waals surface area contributed by atoms with Crippen molar-refractivity contribution >= 4 is 23.2 Å². The predicted molar refractivity (Wildman–Crippen MR) is 118 cm³/mol. The van der Waals surface area contributed by atoms with Crippen LogP contribution < -0.4 is 14.4 Å². The van der Waals surface area contributed by atoms with Crippen molar-refractivity contribution in [1.29, 1.82) is 0 Å². The number of ether oxygens (including phenoxy) is 2. The van der Waals surface area contributed by atoms with Crippen molar-refractivity contribution in [3.05, 3.63) is 72.1 Å². The molecule has 4 rings (SSSR count). The molecule has 2 aromatic carbocycles. The van der Waals surface area contributed by atoms with Gasteiger partial charge in [0, 0.05) is 30.6 Å². The van der Waals surface area contributed by atoms with Gasteiger partial charge in [-0.2, -0.15) is 5.10 Å². The molecule has 0 spiro atoms. The fourth-order valence-corrected chi connectivity index (χ4v) is 3.33. The van der Waals surface area contributed by atoms with E-state index in [2.05, 4.69) is 10.1 Å². The zero-order valence-corrected chi connectivity index (χ0v) is 17.6. The van der Waals surface area contributed by atoms with Crippen LogP contribution in [0.3, 0.4) is 0 Å². The second kappa shape index (κ2) is 8.38. The number of carboxylic acid groups (broad SMARTS) is 1. The smallest absolute Gasteiger partial charge is 0.335 e.